The van der Waals surface area contributed by atoms with Gasteiger partial charge in [-0.15, -0.1) is 17.7 Å². The summed E-state index contributed by atoms with van der Waals surface area (Å²) in [5, 5.41) is 13.9. The predicted octanol–water partition coefficient (Wildman–Crippen LogP) is 8.27. The minimum atomic E-state index is 0. The Morgan fingerprint density at radius 1 is 0.775 bits per heavy atom. The molecule has 6 heteroatoms. The Morgan fingerprint density at radius 2 is 1.55 bits per heavy atom. The van der Waals surface area contributed by atoms with Crippen LogP contribution in [0.4, 0.5) is 0 Å². The summed E-state index contributed by atoms with van der Waals surface area (Å²) in [7, 11) is 0. The van der Waals surface area contributed by atoms with E-state index in [9.17, 15) is 5.11 Å². The monoisotopic (exact) mass is 709 g/mol. The number of phenolic OH excluding ortho intramolecular Hbond substituents is 1. The number of hydrogen-bond donors (Lipinski definition) is 1. The van der Waals surface area contributed by atoms with Crippen LogP contribution in [-0.2, 0) is 46.7 Å². The number of aryl methyl sites for hydroxylation is 4. The van der Waals surface area contributed by atoms with Gasteiger partial charge < -0.3 is 14.4 Å². The van der Waals surface area contributed by atoms with Gasteiger partial charge in [0.1, 0.15) is 17.1 Å². The minimum Gasteiger partial charge on any atom is -0.506 e. The minimum absolute atomic E-state index is 0. The quantitative estimate of drug-likeness (QED) is 0.170. The molecule has 0 atom stereocenters. The van der Waals surface area contributed by atoms with Gasteiger partial charge in [-0.2, -0.15) is 0 Å². The van der Waals surface area contributed by atoms with Crippen molar-refractivity contribution >= 4 is 32.7 Å². The second kappa shape index (κ2) is 11.4. The fourth-order valence-electron chi connectivity index (χ4n) is 5.51. The first-order valence-corrected chi connectivity index (χ1v) is 13.8. The van der Waals surface area contributed by atoms with Crippen LogP contribution in [0.25, 0.3) is 38.5 Å². The van der Waals surface area contributed by atoms with Crippen LogP contribution in [0.15, 0.2) is 66.7 Å². The molecule has 0 aliphatic heterocycles. The van der Waals surface area contributed by atoms with Gasteiger partial charge in [0.2, 0.25) is 5.88 Å². The number of hydrogen-bond acceptors (Lipinski definition) is 4. The molecule has 0 bridgehead atoms. The largest absolute Gasteiger partial charge is 0.506 e. The zero-order valence-electron chi connectivity index (χ0n) is 23.2. The predicted molar refractivity (Wildman–Crippen MR) is 158 cm³/mol. The Balaban J connectivity index is 0.00000323. The van der Waals surface area contributed by atoms with Gasteiger partial charge in [0.25, 0.3) is 0 Å². The van der Waals surface area contributed by atoms with Crippen molar-refractivity contribution in [3.05, 3.63) is 95.2 Å². The third-order valence-corrected chi connectivity index (χ3v) is 7.57. The van der Waals surface area contributed by atoms with Crippen LogP contribution >= 0.6 is 0 Å². The molecule has 0 spiro atoms. The van der Waals surface area contributed by atoms with Gasteiger partial charge in [0, 0.05) is 49.0 Å². The number of rotatable bonds is 7. The van der Waals surface area contributed by atoms with E-state index in [1.54, 1.807) is 6.07 Å². The Labute approximate surface area is 249 Å². The van der Waals surface area contributed by atoms with Crippen molar-refractivity contribution in [1.29, 1.82) is 0 Å². The molecule has 1 N–H and O–H groups in total. The van der Waals surface area contributed by atoms with E-state index in [0.29, 0.717) is 17.1 Å². The standard InChI is InChI=1S/C34H32N3O2.Pt/c1-5-21-16-17-30(38)33-27(21)19-23(7-3)34(36-33)39-25-18-22(6-2)32-26-13-9-10-14-28(26)37(29(32)20-25)31-15-11-12-24(8-4)35-31;/h9-19,38H,5-8H2,1-4H3;/q-1;. The topological polar surface area (TPSA) is 60.2 Å². The SMILES string of the molecule is CCc1cccc(-n2c3[c-]c(Oc4nc5c(O)ccc(CC)c5cc4CC)cc(CC)c3c3ccccc32)n1.[Pt]. The number of fused-ring (bicyclic) bond motifs is 4. The zero-order valence-corrected chi connectivity index (χ0v) is 25.5. The van der Waals surface area contributed by atoms with E-state index in [2.05, 4.69) is 86.9 Å². The van der Waals surface area contributed by atoms with E-state index in [1.807, 2.05) is 12.1 Å². The maximum absolute atomic E-state index is 10.6. The van der Waals surface area contributed by atoms with Crippen LogP contribution in [0.1, 0.15) is 50.1 Å². The van der Waals surface area contributed by atoms with Crippen molar-refractivity contribution in [3.63, 3.8) is 0 Å². The molecular weight excluding hydrogens is 677 g/mol. The smallest absolute Gasteiger partial charge is 0.220 e. The molecule has 6 aromatic rings. The van der Waals surface area contributed by atoms with Crippen LogP contribution in [0.2, 0.25) is 0 Å². The molecule has 206 valence electrons. The second-order valence-electron chi connectivity index (χ2n) is 9.83. The summed E-state index contributed by atoms with van der Waals surface area (Å²) in [5.74, 6) is 2.12. The second-order valence-corrected chi connectivity index (χ2v) is 9.83. The number of benzene rings is 3. The maximum atomic E-state index is 10.6. The van der Waals surface area contributed by atoms with E-state index in [-0.39, 0.29) is 26.8 Å². The molecule has 0 unspecified atom stereocenters. The van der Waals surface area contributed by atoms with E-state index in [0.717, 1.165) is 70.1 Å². The van der Waals surface area contributed by atoms with Crippen molar-refractivity contribution < 1.29 is 30.9 Å². The molecule has 6 rings (SSSR count). The molecule has 3 aromatic heterocycles. The first-order valence-electron chi connectivity index (χ1n) is 13.8. The Bertz CT molecular complexity index is 1860. The number of para-hydroxylation sites is 1. The van der Waals surface area contributed by atoms with Gasteiger partial charge >= 0.3 is 0 Å². The molecule has 0 aliphatic rings. The van der Waals surface area contributed by atoms with Gasteiger partial charge in [-0.25, -0.2) is 9.97 Å². The maximum Gasteiger partial charge on any atom is 0.220 e. The van der Waals surface area contributed by atoms with Crippen LogP contribution < -0.4 is 4.74 Å². The van der Waals surface area contributed by atoms with Crippen LogP contribution in [-0.4, -0.2) is 19.6 Å². The summed E-state index contributed by atoms with van der Waals surface area (Å²) in [6.45, 7) is 8.49. The molecule has 0 amide bonds. The van der Waals surface area contributed by atoms with E-state index in [4.69, 9.17) is 14.7 Å². The Kier molecular flexibility index (Phi) is 7.96. The van der Waals surface area contributed by atoms with Gasteiger partial charge in [0.15, 0.2) is 0 Å². The van der Waals surface area contributed by atoms with E-state index >= 15 is 0 Å². The van der Waals surface area contributed by atoms with E-state index in [1.165, 1.54) is 10.9 Å². The van der Waals surface area contributed by atoms with Gasteiger partial charge in [-0.3, -0.25) is 0 Å². The van der Waals surface area contributed by atoms with Crippen molar-refractivity contribution in [2.24, 2.45) is 0 Å². The average Bonchev–Trinajstić information content (AvgIpc) is 3.31. The molecule has 0 aliphatic carbocycles. The molecule has 40 heavy (non-hydrogen) atoms. The molecule has 3 heterocycles. The van der Waals surface area contributed by atoms with Crippen molar-refractivity contribution in [2.75, 3.05) is 0 Å². The summed E-state index contributed by atoms with van der Waals surface area (Å²) in [6, 6.07) is 26.1. The summed E-state index contributed by atoms with van der Waals surface area (Å²) < 4.78 is 8.69. The van der Waals surface area contributed by atoms with Crippen molar-refractivity contribution in [3.8, 4) is 23.2 Å². The Morgan fingerprint density at radius 3 is 2.30 bits per heavy atom. The number of pyridine rings is 2. The first-order chi connectivity index (χ1) is 19.1. The number of aromatic hydroxyl groups is 1. The van der Waals surface area contributed by atoms with Crippen LogP contribution in [0.5, 0.6) is 17.4 Å². The molecule has 0 radical (unpaired) electrons. The fourth-order valence-corrected chi connectivity index (χ4v) is 5.51. The van der Waals surface area contributed by atoms with Crippen molar-refractivity contribution in [2.45, 2.75) is 53.4 Å². The summed E-state index contributed by atoms with van der Waals surface area (Å²) >= 11 is 0. The summed E-state index contributed by atoms with van der Waals surface area (Å²) in [4.78, 5) is 9.77. The van der Waals surface area contributed by atoms with Crippen LogP contribution in [0.3, 0.4) is 0 Å². The Hall–Kier alpha value is -3.69. The molecule has 5 nitrogen and oxygen atoms in total. The number of aromatic nitrogens is 3. The third-order valence-electron chi connectivity index (χ3n) is 7.57. The molecule has 0 saturated heterocycles. The summed E-state index contributed by atoms with van der Waals surface area (Å²) in [6.07, 6.45) is 3.32. The molecule has 0 fully saturated rings. The van der Waals surface area contributed by atoms with Crippen LogP contribution in [0, 0.1) is 6.07 Å². The normalized spacial score (nSPS) is 11.3. The zero-order chi connectivity index (χ0) is 27.1. The number of phenols is 1. The first kappa shape index (κ1) is 27.9. The van der Waals surface area contributed by atoms with Gasteiger partial charge in [-0.1, -0.05) is 75.4 Å². The summed E-state index contributed by atoms with van der Waals surface area (Å²) in [5.41, 5.74) is 6.95. The van der Waals surface area contributed by atoms with E-state index < -0.39 is 0 Å². The molecular formula is C34H32N3O2Pt-. The van der Waals surface area contributed by atoms with Gasteiger partial charge in [0.05, 0.1) is 0 Å². The third kappa shape index (κ3) is 4.67. The number of ether oxygens (including phenoxy) is 1. The average molecular weight is 710 g/mol. The van der Waals surface area contributed by atoms with Gasteiger partial charge in [-0.05, 0) is 60.5 Å². The van der Waals surface area contributed by atoms with Crippen molar-refractivity contribution in [1.82, 2.24) is 14.5 Å². The molecule has 0 saturated carbocycles. The fraction of sp³-hybridized carbons (Fsp3) is 0.235. The number of nitrogens with zero attached hydrogens (tertiary/aromatic N) is 3. The molecule has 3 aromatic carbocycles.